The van der Waals surface area contributed by atoms with Crippen LogP contribution in [0.4, 0.5) is 11.4 Å². The lowest BCUT2D eigenvalue weighted by molar-refractivity contribution is -0.115. The average molecular weight is 379 g/mol. The van der Waals surface area contributed by atoms with Crippen LogP contribution in [0.25, 0.3) is 0 Å². The van der Waals surface area contributed by atoms with Crippen molar-refractivity contribution in [3.8, 4) is 11.5 Å². The Morgan fingerprint density at radius 2 is 1.87 bits per heavy atom. The Balaban J connectivity index is 1.91. The van der Waals surface area contributed by atoms with Crippen LogP contribution in [0.2, 0.25) is 0 Å². The second-order valence-electron chi connectivity index (χ2n) is 4.77. The third-order valence-corrected chi connectivity index (χ3v) is 3.91. The zero-order chi connectivity index (χ0) is 16.7. The zero-order valence-electron chi connectivity index (χ0n) is 13.1. The van der Waals surface area contributed by atoms with E-state index in [0.717, 1.165) is 10.2 Å². The number of hydrogen-bond donors (Lipinski definition) is 2. The molecule has 2 N–H and O–H groups in total. The molecule has 5 nitrogen and oxygen atoms in total. The van der Waals surface area contributed by atoms with Crippen molar-refractivity contribution in [2.45, 2.75) is 6.42 Å². The first-order chi connectivity index (χ1) is 11.1. The van der Waals surface area contributed by atoms with E-state index in [1.54, 1.807) is 32.4 Å². The lowest BCUT2D eigenvalue weighted by atomic mass is 10.2. The number of rotatable bonds is 7. The summed E-state index contributed by atoms with van der Waals surface area (Å²) in [6.07, 6.45) is 0.335. The van der Waals surface area contributed by atoms with E-state index < -0.39 is 0 Å². The fraction of sp³-hybridized carbons (Fsp3) is 0.235. The molecule has 1 amide bonds. The number of halogens is 1. The van der Waals surface area contributed by atoms with Gasteiger partial charge in [-0.15, -0.1) is 0 Å². The van der Waals surface area contributed by atoms with Crippen molar-refractivity contribution in [2.24, 2.45) is 0 Å². The number of para-hydroxylation sites is 1. The Bertz CT molecular complexity index is 677. The van der Waals surface area contributed by atoms with Gasteiger partial charge in [-0.05, 0) is 40.2 Å². The van der Waals surface area contributed by atoms with Gasteiger partial charge in [0.05, 0.1) is 19.9 Å². The Kier molecular flexibility index (Phi) is 6.29. The number of ether oxygens (including phenoxy) is 2. The highest BCUT2D eigenvalue weighted by Gasteiger charge is 2.09. The molecule has 0 aliphatic heterocycles. The van der Waals surface area contributed by atoms with E-state index in [2.05, 4.69) is 26.6 Å². The Morgan fingerprint density at radius 1 is 1.09 bits per heavy atom. The number of methoxy groups -OCH3 is 2. The van der Waals surface area contributed by atoms with Crippen LogP contribution < -0.4 is 20.1 Å². The minimum atomic E-state index is -0.101. The maximum Gasteiger partial charge on any atom is 0.226 e. The Morgan fingerprint density at radius 3 is 2.57 bits per heavy atom. The van der Waals surface area contributed by atoms with E-state index in [9.17, 15) is 4.79 Å². The maximum atomic E-state index is 12.1. The number of carbonyl (C=O) groups excluding carboxylic acids is 1. The molecule has 0 aliphatic carbocycles. The first kappa shape index (κ1) is 17.1. The number of hydrogen-bond acceptors (Lipinski definition) is 4. The number of benzene rings is 2. The van der Waals surface area contributed by atoms with Crippen LogP contribution in [-0.2, 0) is 4.79 Å². The molecule has 122 valence electrons. The van der Waals surface area contributed by atoms with E-state index in [0.29, 0.717) is 30.2 Å². The highest BCUT2D eigenvalue weighted by Crippen LogP contribution is 2.29. The van der Waals surface area contributed by atoms with Gasteiger partial charge < -0.3 is 20.1 Å². The van der Waals surface area contributed by atoms with Crippen molar-refractivity contribution in [2.75, 3.05) is 31.4 Å². The maximum absolute atomic E-state index is 12.1. The summed E-state index contributed by atoms with van der Waals surface area (Å²) in [6.45, 7) is 0.529. The summed E-state index contributed by atoms with van der Waals surface area (Å²) in [5.74, 6) is 1.15. The normalized spacial score (nSPS) is 10.0. The van der Waals surface area contributed by atoms with Gasteiger partial charge in [0, 0.05) is 29.2 Å². The van der Waals surface area contributed by atoms with Crippen LogP contribution in [0.3, 0.4) is 0 Å². The molecule has 0 aromatic heterocycles. The van der Waals surface area contributed by atoms with Gasteiger partial charge in [0.15, 0.2) is 0 Å². The van der Waals surface area contributed by atoms with Gasteiger partial charge >= 0.3 is 0 Å². The number of amides is 1. The van der Waals surface area contributed by atoms with Crippen molar-refractivity contribution < 1.29 is 14.3 Å². The molecule has 0 unspecified atom stereocenters. The number of nitrogens with one attached hydrogen (secondary N) is 2. The molecular formula is C17H19BrN2O3. The summed E-state index contributed by atoms with van der Waals surface area (Å²) in [4.78, 5) is 12.1. The van der Waals surface area contributed by atoms with Crippen LogP contribution in [0.1, 0.15) is 6.42 Å². The first-order valence-corrected chi connectivity index (χ1v) is 7.93. The van der Waals surface area contributed by atoms with Crippen LogP contribution >= 0.6 is 15.9 Å². The van der Waals surface area contributed by atoms with Crippen molar-refractivity contribution in [1.82, 2.24) is 0 Å². The molecule has 0 aliphatic rings. The molecule has 0 saturated heterocycles. The van der Waals surface area contributed by atoms with E-state index in [4.69, 9.17) is 9.47 Å². The minimum absolute atomic E-state index is 0.101. The van der Waals surface area contributed by atoms with Gasteiger partial charge in [0.25, 0.3) is 0 Å². The molecule has 0 bridgehead atoms. The summed E-state index contributed by atoms with van der Waals surface area (Å²) in [6, 6.07) is 13.1. The summed E-state index contributed by atoms with van der Waals surface area (Å²) < 4.78 is 11.4. The van der Waals surface area contributed by atoms with E-state index >= 15 is 0 Å². The molecule has 6 heteroatoms. The standard InChI is InChI=1S/C17H19BrN2O3/c1-22-12-7-8-16(23-2)15(11-12)20-17(21)9-10-19-14-6-4-3-5-13(14)18/h3-8,11,19H,9-10H2,1-2H3,(H,20,21). The predicted octanol–water partition coefficient (Wildman–Crippen LogP) is 3.91. The minimum Gasteiger partial charge on any atom is -0.497 e. The van der Waals surface area contributed by atoms with Crippen molar-refractivity contribution in [1.29, 1.82) is 0 Å². The molecule has 2 rings (SSSR count). The highest BCUT2D eigenvalue weighted by molar-refractivity contribution is 9.10. The van der Waals surface area contributed by atoms with Crippen LogP contribution in [0.5, 0.6) is 11.5 Å². The third kappa shape index (κ3) is 4.89. The van der Waals surface area contributed by atoms with Gasteiger partial charge in [0.1, 0.15) is 11.5 Å². The van der Waals surface area contributed by atoms with E-state index in [-0.39, 0.29) is 5.91 Å². The summed E-state index contributed by atoms with van der Waals surface area (Å²) in [5.41, 5.74) is 1.55. The molecule has 0 heterocycles. The van der Waals surface area contributed by atoms with Gasteiger partial charge in [-0.1, -0.05) is 12.1 Å². The quantitative estimate of drug-likeness (QED) is 0.766. The molecule has 0 fully saturated rings. The molecule has 0 atom stereocenters. The topological polar surface area (TPSA) is 59.6 Å². The second kappa shape index (κ2) is 8.43. The SMILES string of the molecule is COc1ccc(OC)c(NC(=O)CCNc2ccccc2Br)c1. The highest BCUT2D eigenvalue weighted by atomic mass is 79.9. The van der Waals surface area contributed by atoms with Crippen LogP contribution in [0.15, 0.2) is 46.9 Å². The molecule has 23 heavy (non-hydrogen) atoms. The monoisotopic (exact) mass is 378 g/mol. The molecule has 0 saturated carbocycles. The predicted molar refractivity (Wildman–Crippen MR) is 95.4 cm³/mol. The van der Waals surface area contributed by atoms with Crippen LogP contribution in [0, 0.1) is 0 Å². The van der Waals surface area contributed by atoms with Crippen molar-refractivity contribution in [3.05, 3.63) is 46.9 Å². The molecule has 2 aromatic rings. The molecular weight excluding hydrogens is 360 g/mol. The molecule has 0 spiro atoms. The second-order valence-corrected chi connectivity index (χ2v) is 5.63. The fourth-order valence-electron chi connectivity index (χ4n) is 2.04. The molecule has 2 aromatic carbocycles. The van der Waals surface area contributed by atoms with Gasteiger partial charge in [-0.25, -0.2) is 0 Å². The number of anilines is 2. The summed E-state index contributed by atoms with van der Waals surface area (Å²) >= 11 is 3.46. The van der Waals surface area contributed by atoms with Gasteiger partial charge in [-0.3, -0.25) is 4.79 Å². The number of carbonyl (C=O) groups is 1. The van der Waals surface area contributed by atoms with Gasteiger partial charge in [-0.2, -0.15) is 0 Å². The van der Waals surface area contributed by atoms with Gasteiger partial charge in [0.2, 0.25) is 5.91 Å². The van der Waals surface area contributed by atoms with Crippen molar-refractivity contribution in [3.63, 3.8) is 0 Å². The third-order valence-electron chi connectivity index (χ3n) is 3.22. The Hall–Kier alpha value is -2.21. The lowest BCUT2D eigenvalue weighted by Gasteiger charge is -2.12. The lowest BCUT2D eigenvalue weighted by Crippen LogP contribution is -2.16. The smallest absolute Gasteiger partial charge is 0.226 e. The van der Waals surface area contributed by atoms with E-state index in [1.807, 2.05) is 24.3 Å². The van der Waals surface area contributed by atoms with Crippen LogP contribution in [-0.4, -0.2) is 26.7 Å². The van der Waals surface area contributed by atoms with E-state index in [1.165, 1.54) is 0 Å². The first-order valence-electron chi connectivity index (χ1n) is 7.14. The zero-order valence-corrected chi connectivity index (χ0v) is 14.6. The fourth-order valence-corrected chi connectivity index (χ4v) is 2.46. The van der Waals surface area contributed by atoms with Crippen molar-refractivity contribution >= 4 is 33.2 Å². The average Bonchev–Trinajstić information content (AvgIpc) is 2.56. The Labute approximate surface area is 144 Å². The summed E-state index contributed by atoms with van der Waals surface area (Å²) in [5, 5.41) is 6.06. The summed E-state index contributed by atoms with van der Waals surface area (Å²) in [7, 11) is 3.14. The molecule has 0 radical (unpaired) electrons. The largest absolute Gasteiger partial charge is 0.497 e.